The molecule has 2 aromatic rings. The lowest BCUT2D eigenvalue weighted by molar-refractivity contribution is -0.0269. The third kappa shape index (κ3) is 3.51. The predicted octanol–water partition coefficient (Wildman–Crippen LogP) is 4.86. The Labute approximate surface area is 179 Å². The Morgan fingerprint density at radius 1 is 1.28 bits per heavy atom. The summed E-state index contributed by atoms with van der Waals surface area (Å²) in [7, 11) is 0. The minimum atomic E-state index is -0.564. The standard InChI is InChI=1S/C22H24BrN3O3/c1-21(2,3)29-20(27)25-10-8-22(9-11-25)19-7-5-16(14-24)26(19)17-6-4-15(13-23)12-18(17)28-22/h4-7,12H,8-11,13H2,1-3H3. The van der Waals surface area contributed by atoms with E-state index in [1.54, 1.807) is 4.90 Å². The molecule has 4 rings (SSSR count). The average Bonchev–Trinajstić information content (AvgIpc) is 3.12. The quantitative estimate of drug-likeness (QED) is 0.573. The third-order valence-electron chi connectivity index (χ3n) is 5.41. The van der Waals surface area contributed by atoms with E-state index in [4.69, 9.17) is 9.47 Å². The molecule has 0 radical (unpaired) electrons. The second-order valence-corrected chi connectivity index (χ2v) is 9.11. The predicted molar refractivity (Wildman–Crippen MR) is 112 cm³/mol. The Balaban J connectivity index is 1.67. The summed E-state index contributed by atoms with van der Waals surface area (Å²) in [5.74, 6) is 0.771. The van der Waals surface area contributed by atoms with Crippen LogP contribution in [0.1, 0.15) is 50.6 Å². The van der Waals surface area contributed by atoms with Crippen molar-refractivity contribution in [2.75, 3.05) is 13.1 Å². The van der Waals surface area contributed by atoms with Crippen LogP contribution in [-0.4, -0.2) is 34.3 Å². The molecule has 2 aliphatic heterocycles. The van der Waals surface area contributed by atoms with Gasteiger partial charge in [0.05, 0.1) is 11.4 Å². The monoisotopic (exact) mass is 457 g/mol. The maximum Gasteiger partial charge on any atom is 0.410 e. The van der Waals surface area contributed by atoms with Crippen molar-refractivity contribution in [1.29, 1.82) is 5.26 Å². The van der Waals surface area contributed by atoms with Gasteiger partial charge >= 0.3 is 6.09 Å². The highest BCUT2D eigenvalue weighted by Crippen LogP contribution is 2.46. The van der Waals surface area contributed by atoms with Crippen LogP contribution in [0.2, 0.25) is 0 Å². The summed E-state index contributed by atoms with van der Waals surface area (Å²) >= 11 is 3.50. The highest BCUT2D eigenvalue weighted by molar-refractivity contribution is 9.08. The molecule has 1 aromatic carbocycles. The Morgan fingerprint density at radius 3 is 2.62 bits per heavy atom. The van der Waals surface area contributed by atoms with Crippen molar-refractivity contribution >= 4 is 22.0 Å². The van der Waals surface area contributed by atoms with E-state index in [1.807, 2.05) is 55.7 Å². The molecular formula is C22H24BrN3O3. The fraction of sp³-hybridized carbons (Fsp3) is 0.455. The molecular weight excluding hydrogens is 434 g/mol. The Bertz CT molecular complexity index is 992. The number of aromatic nitrogens is 1. The maximum atomic E-state index is 12.5. The molecule has 0 aliphatic carbocycles. The number of likely N-dealkylation sites (tertiary alicyclic amines) is 1. The smallest absolute Gasteiger partial charge is 0.410 e. The van der Waals surface area contributed by atoms with Gasteiger partial charge in [-0.1, -0.05) is 22.0 Å². The number of piperidine rings is 1. The van der Waals surface area contributed by atoms with E-state index < -0.39 is 11.2 Å². The van der Waals surface area contributed by atoms with Gasteiger partial charge in [-0.2, -0.15) is 5.26 Å². The molecule has 29 heavy (non-hydrogen) atoms. The zero-order valence-corrected chi connectivity index (χ0v) is 18.5. The lowest BCUT2D eigenvalue weighted by Crippen LogP contribution is -2.51. The number of hydrogen-bond donors (Lipinski definition) is 0. The van der Waals surface area contributed by atoms with E-state index in [0.717, 1.165) is 28.0 Å². The van der Waals surface area contributed by atoms with Crippen molar-refractivity contribution in [3.8, 4) is 17.5 Å². The van der Waals surface area contributed by atoms with Crippen LogP contribution in [0.3, 0.4) is 0 Å². The van der Waals surface area contributed by atoms with Gasteiger partial charge < -0.3 is 14.4 Å². The first kappa shape index (κ1) is 19.8. The first-order valence-corrected chi connectivity index (χ1v) is 10.9. The largest absolute Gasteiger partial charge is 0.479 e. The average molecular weight is 458 g/mol. The fourth-order valence-electron chi connectivity index (χ4n) is 4.05. The van der Waals surface area contributed by atoms with Gasteiger partial charge in [0.15, 0.2) is 5.60 Å². The highest BCUT2D eigenvalue weighted by atomic mass is 79.9. The highest BCUT2D eigenvalue weighted by Gasteiger charge is 2.46. The minimum Gasteiger partial charge on any atom is -0.479 e. The molecule has 1 amide bonds. The van der Waals surface area contributed by atoms with Crippen molar-refractivity contribution in [3.63, 3.8) is 0 Å². The Morgan fingerprint density at radius 2 is 2.00 bits per heavy atom. The number of carbonyl (C=O) groups is 1. The topological polar surface area (TPSA) is 67.5 Å². The Kier molecular flexibility index (Phi) is 4.86. The van der Waals surface area contributed by atoms with E-state index in [9.17, 15) is 10.1 Å². The molecule has 3 heterocycles. The lowest BCUT2D eigenvalue weighted by atomic mass is 9.86. The molecule has 0 unspecified atom stereocenters. The van der Waals surface area contributed by atoms with Gasteiger partial charge in [0.2, 0.25) is 0 Å². The number of amides is 1. The number of ether oxygens (including phenoxy) is 2. The van der Waals surface area contributed by atoms with Crippen LogP contribution in [0.15, 0.2) is 30.3 Å². The fourth-order valence-corrected chi connectivity index (χ4v) is 4.39. The molecule has 1 fully saturated rings. The molecule has 2 aliphatic rings. The summed E-state index contributed by atoms with van der Waals surface area (Å²) < 4.78 is 14.1. The molecule has 0 saturated carbocycles. The van der Waals surface area contributed by atoms with Crippen molar-refractivity contribution in [3.05, 3.63) is 47.3 Å². The van der Waals surface area contributed by atoms with Crippen LogP contribution in [0.25, 0.3) is 5.69 Å². The zero-order chi connectivity index (χ0) is 20.8. The summed E-state index contributed by atoms with van der Waals surface area (Å²) in [5.41, 5.74) is 2.47. The molecule has 7 heteroatoms. The van der Waals surface area contributed by atoms with Gasteiger partial charge in [-0.25, -0.2) is 4.79 Å². The number of nitriles is 1. The molecule has 152 valence electrons. The minimum absolute atomic E-state index is 0.293. The molecule has 0 atom stereocenters. The summed E-state index contributed by atoms with van der Waals surface area (Å²) in [5, 5.41) is 10.4. The van der Waals surface area contributed by atoms with E-state index in [2.05, 4.69) is 22.0 Å². The maximum absolute atomic E-state index is 12.5. The second kappa shape index (κ2) is 7.10. The van der Waals surface area contributed by atoms with Crippen LogP contribution in [-0.2, 0) is 15.7 Å². The van der Waals surface area contributed by atoms with E-state index in [-0.39, 0.29) is 6.09 Å². The number of alkyl halides is 1. The first-order valence-electron chi connectivity index (χ1n) is 9.75. The van der Waals surface area contributed by atoms with Gasteiger partial charge in [-0.3, -0.25) is 4.57 Å². The van der Waals surface area contributed by atoms with Gasteiger partial charge in [0, 0.05) is 31.3 Å². The van der Waals surface area contributed by atoms with E-state index >= 15 is 0 Å². The molecule has 1 aromatic heterocycles. The van der Waals surface area contributed by atoms with Gasteiger partial charge in [0.25, 0.3) is 0 Å². The molecule has 0 N–H and O–H groups in total. The van der Waals surface area contributed by atoms with Crippen molar-refractivity contribution in [2.24, 2.45) is 0 Å². The number of benzene rings is 1. The van der Waals surface area contributed by atoms with Gasteiger partial charge in [-0.15, -0.1) is 0 Å². The SMILES string of the molecule is CC(C)(C)OC(=O)N1CCC2(CC1)Oc1cc(CBr)ccc1-n1c(C#N)ccc12. The molecule has 1 spiro atoms. The summed E-state index contributed by atoms with van der Waals surface area (Å²) in [4.78, 5) is 14.2. The first-order chi connectivity index (χ1) is 13.8. The molecule has 1 saturated heterocycles. The van der Waals surface area contributed by atoms with Crippen molar-refractivity contribution in [2.45, 2.75) is 50.1 Å². The van der Waals surface area contributed by atoms with Crippen molar-refractivity contribution < 1.29 is 14.3 Å². The number of nitrogens with zero attached hydrogens (tertiary/aromatic N) is 3. The zero-order valence-electron chi connectivity index (χ0n) is 16.9. The van der Waals surface area contributed by atoms with Crippen LogP contribution in [0.4, 0.5) is 4.79 Å². The number of carbonyl (C=O) groups excluding carboxylic acids is 1. The van der Waals surface area contributed by atoms with E-state index in [0.29, 0.717) is 31.6 Å². The summed E-state index contributed by atoms with van der Waals surface area (Å²) in [6.07, 6.45) is 0.983. The number of fused-ring (bicyclic) bond motifs is 4. The third-order valence-corrected chi connectivity index (χ3v) is 6.06. The number of halogens is 1. The lowest BCUT2D eigenvalue weighted by Gasteiger charge is -2.45. The van der Waals surface area contributed by atoms with Crippen LogP contribution >= 0.6 is 15.9 Å². The molecule has 0 bridgehead atoms. The molecule has 6 nitrogen and oxygen atoms in total. The van der Waals surface area contributed by atoms with E-state index in [1.165, 1.54) is 0 Å². The normalized spacial score (nSPS) is 17.1. The number of hydrogen-bond acceptors (Lipinski definition) is 4. The Hall–Kier alpha value is -2.46. The number of rotatable bonds is 1. The van der Waals surface area contributed by atoms with Crippen LogP contribution in [0, 0.1) is 11.3 Å². The van der Waals surface area contributed by atoms with Crippen LogP contribution in [0.5, 0.6) is 5.75 Å². The van der Waals surface area contributed by atoms with Crippen LogP contribution < -0.4 is 4.74 Å². The van der Waals surface area contributed by atoms with Gasteiger partial charge in [-0.05, 0) is 50.6 Å². The van der Waals surface area contributed by atoms with Gasteiger partial charge in [0.1, 0.15) is 23.1 Å². The second-order valence-electron chi connectivity index (χ2n) is 8.55. The van der Waals surface area contributed by atoms with Crippen molar-refractivity contribution in [1.82, 2.24) is 9.47 Å². The summed E-state index contributed by atoms with van der Waals surface area (Å²) in [6, 6.07) is 12.2. The summed E-state index contributed by atoms with van der Waals surface area (Å²) in [6.45, 7) is 6.69.